The highest BCUT2D eigenvalue weighted by molar-refractivity contribution is 5.83. The van der Waals surface area contributed by atoms with Crippen LogP contribution in [0, 0.1) is 6.92 Å². The van der Waals surface area contributed by atoms with Gasteiger partial charge in [0.25, 0.3) is 0 Å². The minimum Gasteiger partial charge on any atom is -0.444 e. The molecular formula is C18H22N4O3. The summed E-state index contributed by atoms with van der Waals surface area (Å²) in [5.41, 5.74) is 1.50. The van der Waals surface area contributed by atoms with Gasteiger partial charge in [-0.05, 0) is 32.4 Å². The largest absolute Gasteiger partial charge is 0.444 e. The Kier molecular flexibility index (Phi) is 4.48. The van der Waals surface area contributed by atoms with Crippen LogP contribution in [0.25, 0.3) is 10.9 Å². The summed E-state index contributed by atoms with van der Waals surface area (Å²) in [6.45, 7) is 7.17. The van der Waals surface area contributed by atoms with Crippen LogP contribution in [0.1, 0.15) is 44.2 Å². The Hall–Kier alpha value is -2.83. The number of hydrogen-bond donors (Lipinski definition) is 2. The van der Waals surface area contributed by atoms with E-state index in [0.717, 1.165) is 16.5 Å². The van der Waals surface area contributed by atoms with Crippen molar-refractivity contribution in [2.75, 3.05) is 0 Å². The zero-order valence-corrected chi connectivity index (χ0v) is 14.8. The molecule has 1 atom stereocenters. The summed E-state index contributed by atoms with van der Waals surface area (Å²) in [5, 5.41) is 11.9. The Morgan fingerprint density at radius 2 is 2.08 bits per heavy atom. The summed E-state index contributed by atoms with van der Waals surface area (Å²) in [7, 11) is 0. The first-order valence-electron chi connectivity index (χ1n) is 8.16. The van der Waals surface area contributed by atoms with Crippen LogP contribution in [-0.2, 0) is 11.2 Å². The highest BCUT2D eigenvalue weighted by atomic mass is 16.6. The first-order chi connectivity index (χ1) is 11.8. The average Bonchev–Trinajstić information content (AvgIpc) is 3.12. The highest BCUT2D eigenvalue weighted by Gasteiger charge is 2.25. The lowest BCUT2D eigenvalue weighted by atomic mass is 10.1. The Bertz CT molecular complexity index is 876. The molecule has 132 valence electrons. The van der Waals surface area contributed by atoms with Crippen molar-refractivity contribution in [2.45, 2.75) is 45.8 Å². The molecule has 3 aromatic rings. The highest BCUT2D eigenvalue weighted by Crippen LogP contribution is 2.24. The van der Waals surface area contributed by atoms with Crippen LogP contribution in [0.15, 0.2) is 34.9 Å². The second-order valence-corrected chi connectivity index (χ2v) is 6.92. The van der Waals surface area contributed by atoms with Crippen LogP contribution >= 0.6 is 0 Å². The van der Waals surface area contributed by atoms with E-state index in [1.807, 2.05) is 51.2 Å². The van der Waals surface area contributed by atoms with Gasteiger partial charge < -0.3 is 19.5 Å². The molecule has 0 saturated carbocycles. The Labute approximate surface area is 145 Å². The number of fused-ring (bicyclic) bond motifs is 1. The van der Waals surface area contributed by atoms with E-state index in [0.29, 0.717) is 18.2 Å². The van der Waals surface area contributed by atoms with Gasteiger partial charge in [0.05, 0.1) is 0 Å². The van der Waals surface area contributed by atoms with E-state index >= 15 is 0 Å². The van der Waals surface area contributed by atoms with Crippen LogP contribution in [0.3, 0.4) is 0 Å². The maximum atomic E-state index is 12.2. The molecule has 1 aromatic carbocycles. The lowest BCUT2D eigenvalue weighted by molar-refractivity contribution is 0.0495. The van der Waals surface area contributed by atoms with Crippen LogP contribution in [0.5, 0.6) is 0 Å². The molecule has 2 heterocycles. The number of alkyl carbamates (subject to hydrolysis) is 1. The van der Waals surface area contributed by atoms with Crippen molar-refractivity contribution in [2.24, 2.45) is 0 Å². The number of aryl methyl sites for hydroxylation is 1. The summed E-state index contributed by atoms with van der Waals surface area (Å²) >= 11 is 0. The molecule has 25 heavy (non-hydrogen) atoms. The quantitative estimate of drug-likeness (QED) is 0.754. The summed E-state index contributed by atoms with van der Waals surface area (Å²) in [4.78, 5) is 15.4. The molecule has 0 fully saturated rings. The Morgan fingerprint density at radius 3 is 2.76 bits per heavy atom. The van der Waals surface area contributed by atoms with Gasteiger partial charge in [-0.1, -0.05) is 18.2 Å². The van der Waals surface area contributed by atoms with Crippen molar-refractivity contribution in [3.8, 4) is 0 Å². The number of amides is 1. The van der Waals surface area contributed by atoms with Crippen molar-refractivity contribution in [3.63, 3.8) is 0 Å². The van der Waals surface area contributed by atoms with Gasteiger partial charge in [-0.25, -0.2) is 4.79 Å². The monoisotopic (exact) mass is 342 g/mol. The number of nitrogens with one attached hydrogen (secondary N) is 2. The molecule has 0 spiro atoms. The maximum absolute atomic E-state index is 12.2. The molecule has 2 aromatic heterocycles. The fraction of sp³-hybridized carbons (Fsp3) is 0.389. The Morgan fingerprint density at radius 1 is 1.32 bits per heavy atom. The summed E-state index contributed by atoms with van der Waals surface area (Å²) in [6, 6.07) is 7.51. The molecule has 1 unspecified atom stereocenters. The second kappa shape index (κ2) is 6.58. The lowest BCUT2D eigenvalue weighted by Crippen LogP contribution is -2.36. The fourth-order valence-electron chi connectivity index (χ4n) is 2.62. The smallest absolute Gasteiger partial charge is 0.408 e. The minimum absolute atomic E-state index is 0.355. The molecule has 7 heteroatoms. The van der Waals surface area contributed by atoms with Gasteiger partial charge in [0.15, 0.2) is 0 Å². The van der Waals surface area contributed by atoms with Crippen LogP contribution in [0.4, 0.5) is 4.79 Å². The molecular weight excluding hydrogens is 320 g/mol. The third-order valence-electron chi connectivity index (χ3n) is 3.63. The topological polar surface area (TPSA) is 93.0 Å². The van der Waals surface area contributed by atoms with E-state index in [-0.39, 0.29) is 0 Å². The van der Waals surface area contributed by atoms with E-state index in [9.17, 15) is 4.79 Å². The first kappa shape index (κ1) is 17.0. The normalized spacial score (nSPS) is 13.0. The summed E-state index contributed by atoms with van der Waals surface area (Å²) in [5.74, 6) is 0.804. The number of ether oxygens (including phenoxy) is 1. The molecule has 0 aliphatic heterocycles. The molecule has 0 bridgehead atoms. The minimum atomic E-state index is -0.583. The average molecular weight is 342 g/mol. The molecule has 0 aliphatic rings. The number of nitrogens with zero attached hydrogens (tertiary/aromatic N) is 2. The number of carbonyl (C=O) groups is 1. The van der Waals surface area contributed by atoms with Crippen molar-refractivity contribution >= 4 is 17.0 Å². The zero-order chi connectivity index (χ0) is 18.0. The van der Waals surface area contributed by atoms with Gasteiger partial charge >= 0.3 is 6.09 Å². The number of carbonyl (C=O) groups excluding carboxylic acids is 1. The molecule has 0 aliphatic carbocycles. The zero-order valence-electron chi connectivity index (χ0n) is 14.8. The van der Waals surface area contributed by atoms with Gasteiger partial charge in [-0.15, -0.1) is 10.2 Å². The number of aromatic amines is 1. The SMILES string of the molecule is Cc1nnc(C(Cc2c[nH]c3ccccc23)NC(=O)OC(C)(C)C)o1. The number of benzene rings is 1. The standard InChI is InChI=1S/C18H22N4O3/c1-11-21-22-16(24-11)15(20-17(23)25-18(2,3)4)9-12-10-19-14-8-6-5-7-13(12)14/h5-8,10,15,19H,9H2,1-4H3,(H,20,23). The van der Waals surface area contributed by atoms with Crippen molar-refractivity contribution in [1.29, 1.82) is 0 Å². The number of rotatable bonds is 4. The van der Waals surface area contributed by atoms with E-state index in [4.69, 9.17) is 9.15 Å². The van der Waals surface area contributed by atoms with Gasteiger partial charge in [0.2, 0.25) is 11.8 Å². The van der Waals surface area contributed by atoms with Crippen LogP contribution in [0.2, 0.25) is 0 Å². The molecule has 1 amide bonds. The molecule has 2 N–H and O–H groups in total. The molecule has 0 saturated heterocycles. The lowest BCUT2D eigenvalue weighted by Gasteiger charge is -2.22. The van der Waals surface area contributed by atoms with E-state index in [1.54, 1.807) is 6.92 Å². The summed E-state index contributed by atoms with van der Waals surface area (Å²) in [6.07, 6.45) is 1.91. The van der Waals surface area contributed by atoms with Gasteiger partial charge in [-0.3, -0.25) is 0 Å². The second-order valence-electron chi connectivity index (χ2n) is 6.92. The predicted molar refractivity (Wildman–Crippen MR) is 93.1 cm³/mol. The van der Waals surface area contributed by atoms with Crippen LogP contribution < -0.4 is 5.32 Å². The van der Waals surface area contributed by atoms with Gasteiger partial charge in [0, 0.05) is 30.4 Å². The van der Waals surface area contributed by atoms with Crippen LogP contribution in [-0.4, -0.2) is 26.9 Å². The maximum Gasteiger partial charge on any atom is 0.408 e. The first-order valence-corrected chi connectivity index (χ1v) is 8.16. The third kappa shape index (κ3) is 4.17. The third-order valence-corrected chi connectivity index (χ3v) is 3.63. The van der Waals surface area contributed by atoms with E-state index < -0.39 is 17.7 Å². The van der Waals surface area contributed by atoms with Crippen molar-refractivity contribution < 1.29 is 13.9 Å². The number of aromatic nitrogens is 3. The van der Waals surface area contributed by atoms with Crippen molar-refractivity contribution in [1.82, 2.24) is 20.5 Å². The van der Waals surface area contributed by atoms with Crippen molar-refractivity contribution in [3.05, 3.63) is 47.8 Å². The molecule has 0 radical (unpaired) electrons. The number of para-hydroxylation sites is 1. The van der Waals surface area contributed by atoms with Gasteiger partial charge in [-0.2, -0.15) is 0 Å². The number of H-pyrrole nitrogens is 1. The fourth-order valence-corrected chi connectivity index (χ4v) is 2.62. The Balaban J connectivity index is 1.85. The van der Waals surface area contributed by atoms with E-state index in [2.05, 4.69) is 20.5 Å². The van der Waals surface area contributed by atoms with Gasteiger partial charge in [0.1, 0.15) is 11.6 Å². The molecule has 3 rings (SSSR count). The molecule has 7 nitrogen and oxygen atoms in total. The predicted octanol–water partition coefficient (Wildman–Crippen LogP) is 3.67. The summed E-state index contributed by atoms with van der Waals surface area (Å²) < 4.78 is 10.9. The van der Waals surface area contributed by atoms with E-state index in [1.165, 1.54) is 0 Å². The number of hydrogen-bond acceptors (Lipinski definition) is 5.